The summed E-state index contributed by atoms with van der Waals surface area (Å²) in [6.07, 6.45) is 0. The van der Waals surface area contributed by atoms with Gasteiger partial charge in [0.2, 0.25) is 11.6 Å². The Hall–Kier alpha value is -1.30. The van der Waals surface area contributed by atoms with E-state index < -0.39 is 35.1 Å². The molecule has 0 fully saturated rings. The molecule has 2 N–H and O–H groups in total. The molecule has 0 radical (unpaired) electrons. The predicted molar refractivity (Wildman–Crippen MR) is 45.4 cm³/mol. The molecular formula is C9H9F4NO. The van der Waals surface area contributed by atoms with Crippen LogP contribution in [0.5, 0.6) is 5.75 Å². The smallest absolute Gasteiger partial charge is 0.203 e. The van der Waals surface area contributed by atoms with Crippen LogP contribution >= 0.6 is 0 Å². The van der Waals surface area contributed by atoms with E-state index in [1.165, 1.54) is 6.92 Å². The van der Waals surface area contributed by atoms with Crippen molar-refractivity contribution in [1.29, 1.82) is 0 Å². The molecule has 15 heavy (non-hydrogen) atoms. The minimum absolute atomic E-state index is 0.114. The molecule has 0 aliphatic carbocycles. The lowest BCUT2D eigenvalue weighted by molar-refractivity contribution is 0.257. The summed E-state index contributed by atoms with van der Waals surface area (Å²) in [7, 11) is 0. The van der Waals surface area contributed by atoms with E-state index in [1.54, 1.807) is 0 Å². The first-order valence-corrected chi connectivity index (χ1v) is 4.15. The zero-order valence-electron chi connectivity index (χ0n) is 7.86. The highest BCUT2D eigenvalue weighted by molar-refractivity contribution is 5.28. The van der Waals surface area contributed by atoms with Gasteiger partial charge in [0.25, 0.3) is 0 Å². The van der Waals surface area contributed by atoms with Gasteiger partial charge in [0.1, 0.15) is 6.61 Å². The fraction of sp³-hybridized carbons (Fsp3) is 0.333. The molecule has 1 rings (SSSR count). The van der Waals surface area contributed by atoms with Crippen molar-refractivity contribution in [3.05, 3.63) is 29.3 Å². The summed E-state index contributed by atoms with van der Waals surface area (Å²) in [5, 5.41) is 0. The summed E-state index contributed by atoms with van der Waals surface area (Å²) < 4.78 is 55.7. The Labute approximate surface area is 83.6 Å². The quantitative estimate of drug-likeness (QED) is 0.628. The molecule has 0 amide bonds. The molecule has 0 aliphatic heterocycles. The lowest BCUT2D eigenvalue weighted by Gasteiger charge is -2.10. The maximum absolute atomic E-state index is 12.9. The van der Waals surface area contributed by atoms with E-state index in [2.05, 4.69) is 4.74 Å². The Kier molecular flexibility index (Phi) is 3.52. The predicted octanol–water partition coefficient (Wildman–Crippen LogP) is 1.97. The third kappa shape index (κ3) is 2.59. The monoisotopic (exact) mass is 223 g/mol. The Morgan fingerprint density at radius 2 is 1.67 bits per heavy atom. The van der Waals surface area contributed by atoms with Crippen molar-refractivity contribution in [2.24, 2.45) is 5.73 Å². The first kappa shape index (κ1) is 11.8. The first-order chi connectivity index (χ1) is 6.93. The van der Waals surface area contributed by atoms with E-state index in [1.807, 2.05) is 0 Å². The summed E-state index contributed by atoms with van der Waals surface area (Å²) in [5.41, 5.74) is 5.26. The lowest BCUT2D eigenvalue weighted by atomic mass is 10.3. The van der Waals surface area contributed by atoms with E-state index in [4.69, 9.17) is 5.73 Å². The number of rotatable bonds is 3. The van der Waals surface area contributed by atoms with Crippen LogP contribution in [0.25, 0.3) is 0 Å². The minimum atomic E-state index is -1.56. The van der Waals surface area contributed by atoms with Crippen molar-refractivity contribution in [2.45, 2.75) is 13.0 Å². The van der Waals surface area contributed by atoms with Gasteiger partial charge >= 0.3 is 0 Å². The third-order valence-corrected chi connectivity index (χ3v) is 1.56. The van der Waals surface area contributed by atoms with E-state index in [0.29, 0.717) is 0 Å². The van der Waals surface area contributed by atoms with Gasteiger partial charge in [0, 0.05) is 12.1 Å². The van der Waals surface area contributed by atoms with Crippen molar-refractivity contribution < 1.29 is 22.3 Å². The molecule has 0 saturated carbocycles. The molecule has 0 saturated heterocycles. The molecule has 1 atom stereocenters. The molecule has 0 unspecified atom stereocenters. The first-order valence-electron chi connectivity index (χ1n) is 4.15. The van der Waals surface area contributed by atoms with E-state index in [9.17, 15) is 17.6 Å². The van der Waals surface area contributed by atoms with Crippen molar-refractivity contribution in [3.8, 4) is 5.75 Å². The normalized spacial score (nSPS) is 12.7. The molecule has 0 aromatic heterocycles. The van der Waals surface area contributed by atoms with Crippen LogP contribution in [0.2, 0.25) is 0 Å². The van der Waals surface area contributed by atoms with Crippen molar-refractivity contribution in [1.82, 2.24) is 0 Å². The summed E-state index contributed by atoms with van der Waals surface area (Å²) in [4.78, 5) is 0. The van der Waals surface area contributed by atoms with Gasteiger partial charge in [-0.3, -0.25) is 0 Å². The second-order valence-electron chi connectivity index (χ2n) is 3.09. The van der Waals surface area contributed by atoms with Gasteiger partial charge in [-0.15, -0.1) is 0 Å². The molecular weight excluding hydrogens is 214 g/mol. The van der Waals surface area contributed by atoms with E-state index >= 15 is 0 Å². The summed E-state index contributed by atoms with van der Waals surface area (Å²) in [6.45, 7) is 1.28. The summed E-state index contributed by atoms with van der Waals surface area (Å²) in [6, 6.07) is -0.390. The highest BCUT2D eigenvalue weighted by Crippen LogP contribution is 2.26. The van der Waals surface area contributed by atoms with Gasteiger partial charge in [0.15, 0.2) is 17.4 Å². The number of benzene rings is 1. The average Bonchev–Trinajstić information content (AvgIpc) is 2.14. The number of halogens is 4. The van der Waals surface area contributed by atoms with Crippen molar-refractivity contribution in [3.63, 3.8) is 0 Å². The molecule has 0 bridgehead atoms. The van der Waals surface area contributed by atoms with Crippen molar-refractivity contribution >= 4 is 0 Å². The molecule has 0 heterocycles. The average molecular weight is 223 g/mol. The van der Waals surface area contributed by atoms with Crippen LogP contribution < -0.4 is 10.5 Å². The number of hydrogen-bond donors (Lipinski definition) is 1. The van der Waals surface area contributed by atoms with Crippen LogP contribution in [-0.4, -0.2) is 12.6 Å². The standard InChI is InChI=1S/C9H9F4NO/c1-4(14)3-15-9-7(12)5(10)2-6(11)8(9)13/h2,4H,3,14H2,1H3/t4-/m1/s1. The zero-order valence-corrected chi connectivity index (χ0v) is 7.86. The Bertz CT molecular complexity index is 341. The third-order valence-electron chi connectivity index (χ3n) is 1.56. The van der Waals surface area contributed by atoms with Crippen LogP contribution in [0, 0.1) is 23.3 Å². The van der Waals surface area contributed by atoms with Crippen LogP contribution in [0.4, 0.5) is 17.6 Å². The molecule has 2 nitrogen and oxygen atoms in total. The van der Waals surface area contributed by atoms with Gasteiger partial charge in [-0.2, -0.15) is 8.78 Å². The molecule has 1 aromatic carbocycles. The fourth-order valence-corrected chi connectivity index (χ4v) is 0.893. The highest BCUT2D eigenvalue weighted by Gasteiger charge is 2.20. The van der Waals surface area contributed by atoms with Gasteiger partial charge in [0.05, 0.1) is 0 Å². The van der Waals surface area contributed by atoms with Gasteiger partial charge in [-0.25, -0.2) is 8.78 Å². The molecule has 84 valence electrons. The largest absolute Gasteiger partial charge is 0.486 e. The van der Waals surface area contributed by atoms with Gasteiger partial charge in [-0.05, 0) is 6.92 Å². The highest BCUT2D eigenvalue weighted by atomic mass is 19.2. The summed E-state index contributed by atoms with van der Waals surface area (Å²) in [5.74, 6) is -7.21. The Balaban J connectivity index is 3.04. The van der Waals surface area contributed by atoms with Crippen molar-refractivity contribution in [2.75, 3.05) is 6.61 Å². The maximum atomic E-state index is 12.9. The molecule has 6 heteroatoms. The van der Waals surface area contributed by atoms with Gasteiger partial charge in [-0.1, -0.05) is 0 Å². The number of nitrogens with two attached hydrogens (primary N) is 1. The second kappa shape index (κ2) is 4.48. The molecule has 0 spiro atoms. The van der Waals surface area contributed by atoms with Crippen LogP contribution in [0.15, 0.2) is 6.07 Å². The fourth-order valence-electron chi connectivity index (χ4n) is 0.893. The number of hydrogen-bond acceptors (Lipinski definition) is 2. The topological polar surface area (TPSA) is 35.2 Å². The Morgan fingerprint density at radius 3 is 2.07 bits per heavy atom. The van der Waals surface area contributed by atoms with Gasteiger partial charge < -0.3 is 10.5 Å². The van der Waals surface area contributed by atoms with Crippen LogP contribution in [0.3, 0.4) is 0 Å². The summed E-state index contributed by atoms with van der Waals surface area (Å²) >= 11 is 0. The van der Waals surface area contributed by atoms with E-state index in [0.717, 1.165) is 0 Å². The lowest BCUT2D eigenvalue weighted by Crippen LogP contribution is -2.24. The molecule has 0 aliphatic rings. The number of ether oxygens (including phenoxy) is 1. The van der Waals surface area contributed by atoms with Crippen LogP contribution in [-0.2, 0) is 0 Å². The van der Waals surface area contributed by atoms with E-state index in [-0.39, 0.29) is 12.7 Å². The maximum Gasteiger partial charge on any atom is 0.203 e. The van der Waals surface area contributed by atoms with Crippen LogP contribution in [0.1, 0.15) is 6.92 Å². The SMILES string of the molecule is C[C@@H](N)COc1c(F)c(F)cc(F)c1F. The Morgan fingerprint density at radius 1 is 1.20 bits per heavy atom. The zero-order chi connectivity index (χ0) is 11.6. The molecule has 1 aromatic rings. The minimum Gasteiger partial charge on any atom is -0.486 e. The second-order valence-corrected chi connectivity index (χ2v) is 3.09.